The van der Waals surface area contributed by atoms with Crippen molar-refractivity contribution in [3.05, 3.63) is 100 Å². The Bertz CT molecular complexity index is 1470. The van der Waals surface area contributed by atoms with E-state index in [2.05, 4.69) is 9.80 Å². The number of carbonyl (C=O) groups is 1. The predicted octanol–water partition coefficient (Wildman–Crippen LogP) is 6.58. The number of imidazole rings is 1. The van der Waals surface area contributed by atoms with Crippen molar-refractivity contribution in [1.29, 1.82) is 0 Å². The van der Waals surface area contributed by atoms with Gasteiger partial charge in [-0.3, -0.25) is 14.3 Å². The first-order valence-corrected chi connectivity index (χ1v) is 14.2. The van der Waals surface area contributed by atoms with E-state index in [0.29, 0.717) is 28.1 Å². The Morgan fingerprint density at radius 2 is 1.65 bits per heavy atom. The number of benzene rings is 3. The van der Waals surface area contributed by atoms with E-state index in [0.717, 1.165) is 61.8 Å². The van der Waals surface area contributed by atoms with Crippen LogP contribution in [0.4, 0.5) is 10.1 Å². The highest BCUT2D eigenvalue weighted by atomic mass is 35.5. The summed E-state index contributed by atoms with van der Waals surface area (Å²) in [4.78, 5) is 24.7. The van der Waals surface area contributed by atoms with Crippen LogP contribution in [0.5, 0.6) is 0 Å². The molecule has 0 atom stereocenters. The van der Waals surface area contributed by atoms with Crippen LogP contribution in [-0.2, 0) is 0 Å². The zero-order valence-electron chi connectivity index (χ0n) is 22.7. The van der Waals surface area contributed by atoms with E-state index >= 15 is 0 Å². The Hall–Kier alpha value is -3.39. The van der Waals surface area contributed by atoms with Crippen molar-refractivity contribution in [2.45, 2.75) is 13.3 Å². The Labute approximate surface area is 244 Å². The Balaban J connectivity index is 1.23. The van der Waals surface area contributed by atoms with Crippen LogP contribution in [0.2, 0.25) is 10.0 Å². The highest BCUT2D eigenvalue weighted by molar-refractivity contribution is 6.43. The number of hydrogen-bond donors (Lipinski definition) is 0. The first kappa shape index (κ1) is 28.1. The largest absolute Gasteiger partial charge is 0.368 e. The second-order valence-electron chi connectivity index (χ2n) is 10.0. The molecular formula is C31H32Cl2FN5O. The average molecular weight is 581 g/mol. The van der Waals surface area contributed by atoms with Gasteiger partial charge in [0, 0.05) is 51.0 Å². The molecule has 3 aromatic carbocycles. The van der Waals surface area contributed by atoms with E-state index in [1.54, 1.807) is 23.1 Å². The van der Waals surface area contributed by atoms with Crippen LogP contribution >= 0.6 is 23.2 Å². The van der Waals surface area contributed by atoms with Gasteiger partial charge in [-0.15, -0.1) is 0 Å². The van der Waals surface area contributed by atoms with Gasteiger partial charge >= 0.3 is 0 Å². The van der Waals surface area contributed by atoms with Crippen LogP contribution in [0.3, 0.4) is 0 Å². The monoisotopic (exact) mass is 579 g/mol. The molecule has 1 amide bonds. The molecule has 0 spiro atoms. The maximum absolute atomic E-state index is 13.6. The summed E-state index contributed by atoms with van der Waals surface area (Å²) in [6.45, 7) is 6.98. The van der Waals surface area contributed by atoms with E-state index in [4.69, 9.17) is 28.2 Å². The van der Waals surface area contributed by atoms with Crippen LogP contribution in [-0.4, -0.2) is 71.6 Å². The van der Waals surface area contributed by atoms with Crippen molar-refractivity contribution in [3.8, 4) is 17.1 Å². The van der Waals surface area contributed by atoms with Gasteiger partial charge in [-0.05, 0) is 56.3 Å². The molecule has 0 unspecified atom stereocenters. The van der Waals surface area contributed by atoms with Crippen LogP contribution in [0.25, 0.3) is 17.1 Å². The number of nitrogens with zero attached hydrogens (tertiary/aromatic N) is 5. The number of anilines is 1. The number of amides is 1. The van der Waals surface area contributed by atoms with Crippen molar-refractivity contribution >= 4 is 34.8 Å². The highest BCUT2D eigenvalue weighted by Crippen LogP contribution is 2.33. The minimum absolute atomic E-state index is 0.129. The summed E-state index contributed by atoms with van der Waals surface area (Å²) in [5, 5.41) is 1.17. The number of carbonyl (C=O) groups excluding carboxylic acids is 1. The third kappa shape index (κ3) is 6.02. The molecule has 2 heterocycles. The second-order valence-corrected chi connectivity index (χ2v) is 10.8. The van der Waals surface area contributed by atoms with Gasteiger partial charge in [0.05, 0.1) is 21.4 Å². The van der Waals surface area contributed by atoms with E-state index in [-0.39, 0.29) is 11.7 Å². The second kappa shape index (κ2) is 12.4. The number of piperazine rings is 1. The first-order chi connectivity index (χ1) is 19.3. The number of aromatic nitrogens is 2. The summed E-state index contributed by atoms with van der Waals surface area (Å²) in [6.07, 6.45) is 0.851. The fraction of sp³-hybridized carbons (Fsp3) is 0.290. The van der Waals surface area contributed by atoms with Crippen LogP contribution in [0.15, 0.2) is 72.8 Å². The molecule has 1 saturated heterocycles. The quantitative estimate of drug-likeness (QED) is 0.236. The molecule has 1 aliphatic heterocycles. The van der Waals surface area contributed by atoms with Gasteiger partial charge in [-0.2, -0.15) is 0 Å². The molecule has 1 aliphatic rings. The molecule has 208 valence electrons. The summed E-state index contributed by atoms with van der Waals surface area (Å²) in [5.74, 6) is 0.212. The molecule has 1 fully saturated rings. The lowest BCUT2D eigenvalue weighted by atomic mass is 10.2. The molecule has 0 N–H and O–H groups in total. The Kier molecular flexibility index (Phi) is 8.74. The van der Waals surface area contributed by atoms with E-state index in [1.807, 2.05) is 61.0 Å². The van der Waals surface area contributed by atoms with Gasteiger partial charge in [0.15, 0.2) is 0 Å². The summed E-state index contributed by atoms with van der Waals surface area (Å²) < 4.78 is 15.6. The third-order valence-electron chi connectivity index (χ3n) is 7.39. The molecule has 6 nitrogen and oxygen atoms in total. The fourth-order valence-electron chi connectivity index (χ4n) is 5.15. The maximum atomic E-state index is 13.6. The minimum atomic E-state index is -0.312. The van der Waals surface area contributed by atoms with E-state index in [1.165, 1.54) is 12.1 Å². The summed E-state index contributed by atoms with van der Waals surface area (Å²) in [5.41, 5.74) is 3.74. The lowest BCUT2D eigenvalue weighted by Crippen LogP contribution is -2.47. The predicted molar refractivity (Wildman–Crippen MR) is 160 cm³/mol. The summed E-state index contributed by atoms with van der Waals surface area (Å²) >= 11 is 12.6. The fourth-order valence-corrected chi connectivity index (χ4v) is 5.57. The SMILES string of the molecule is Cc1c(C(=O)N(C)CCCN2CCN(c3cccc(Cl)c3Cl)CC2)nc(-c2ccccc2)n1-c1ccc(F)cc1. The minimum Gasteiger partial charge on any atom is -0.368 e. The number of hydrogen-bond acceptors (Lipinski definition) is 4. The van der Waals surface area contributed by atoms with E-state index < -0.39 is 0 Å². The Morgan fingerprint density at radius 1 is 0.950 bits per heavy atom. The molecule has 0 radical (unpaired) electrons. The zero-order valence-corrected chi connectivity index (χ0v) is 24.2. The van der Waals surface area contributed by atoms with Gasteiger partial charge < -0.3 is 9.80 Å². The van der Waals surface area contributed by atoms with Gasteiger partial charge in [0.1, 0.15) is 17.3 Å². The number of rotatable bonds is 8. The lowest BCUT2D eigenvalue weighted by molar-refractivity contribution is 0.0782. The Morgan fingerprint density at radius 3 is 2.35 bits per heavy atom. The maximum Gasteiger partial charge on any atom is 0.274 e. The molecule has 4 aromatic rings. The standard InChI is InChI=1S/C31H32Cl2FN5O/c1-22-29(35-30(23-8-4-3-5-9-23)39(22)25-14-12-24(34)13-15-25)31(40)36(2)16-7-17-37-18-20-38(21-19-37)27-11-6-10-26(32)28(27)33/h3-6,8-15H,7,16-21H2,1-2H3. The molecule has 0 bridgehead atoms. The normalized spacial score (nSPS) is 14.0. The van der Waals surface area contributed by atoms with Crippen molar-refractivity contribution in [2.24, 2.45) is 0 Å². The molecule has 9 heteroatoms. The van der Waals surface area contributed by atoms with Crippen LogP contribution in [0, 0.1) is 12.7 Å². The molecule has 1 aromatic heterocycles. The number of halogens is 3. The lowest BCUT2D eigenvalue weighted by Gasteiger charge is -2.36. The van der Waals surface area contributed by atoms with E-state index in [9.17, 15) is 9.18 Å². The molecule has 40 heavy (non-hydrogen) atoms. The highest BCUT2D eigenvalue weighted by Gasteiger charge is 2.25. The van der Waals surface area contributed by atoms with Crippen LogP contribution < -0.4 is 4.90 Å². The van der Waals surface area contributed by atoms with Crippen molar-refractivity contribution in [3.63, 3.8) is 0 Å². The molecule has 5 rings (SSSR count). The van der Waals surface area contributed by atoms with Gasteiger partial charge in [0.2, 0.25) is 0 Å². The topological polar surface area (TPSA) is 44.6 Å². The first-order valence-electron chi connectivity index (χ1n) is 13.4. The smallest absolute Gasteiger partial charge is 0.274 e. The third-order valence-corrected chi connectivity index (χ3v) is 8.19. The van der Waals surface area contributed by atoms with Gasteiger partial charge in [-0.1, -0.05) is 59.6 Å². The molecule has 0 saturated carbocycles. The summed E-state index contributed by atoms with van der Waals surface area (Å²) in [6, 6.07) is 21.7. The van der Waals surface area contributed by atoms with Crippen LogP contribution in [0.1, 0.15) is 22.6 Å². The van der Waals surface area contributed by atoms with Crippen molar-refractivity contribution in [1.82, 2.24) is 19.4 Å². The average Bonchev–Trinajstić information content (AvgIpc) is 3.32. The molecular weight excluding hydrogens is 548 g/mol. The van der Waals surface area contributed by atoms with Gasteiger partial charge in [-0.25, -0.2) is 9.37 Å². The van der Waals surface area contributed by atoms with Gasteiger partial charge in [0.25, 0.3) is 5.91 Å². The summed E-state index contributed by atoms with van der Waals surface area (Å²) in [7, 11) is 1.82. The van der Waals surface area contributed by atoms with Crippen molar-refractivity contribution < 1.29 is 9.18 Å². The molecule has 0 aliphatic carbocycles. The van der Waals surface area contributed by atoms with Crippen molar-refractivity contribution in [2.75, 3.05) is 51.2 Å². The zero-order chi connectivity index (χ0) is 28.2.